The summed E-state index contributed by atoms with van der Waals surface area (Å²) in [5.41, 5.74) is 6.62. The first-order valence-corrected chi connectivity index (χ1v) is 7.57. The van der Waals surface area contributed by atoms with E-state index < -0.39 is 17.8 Å². The van der Waals surface area contributed by atoms with Gasteiger partial charge in [-0.15, -0.1) is 0 Å². The average Bonchev–Trinajstić information content (AvgIpc) is 2.86. The molecule has 0 radical (unpaired) electrons. The molecule has 0 bridgehead atoms. The summed E-state index contributed by atoms with van der Waals surface area (Å²) in [6.07, 6.45) is 0. The molecule has 1 unspecified atom stereocenters. The second-order valence-electron chi connectivity index (χ2n) is 5.18. The van der Waals surface area contributed by atoms with E-state index in [1.54, 1.807) is 6.92 Å². The van der Waals surface area contributed by atoms with Crippen LogP contribution in [0, 0.1) is 5.82 Å². The van der Waals surface area contributed by atoms with E-state index in [0.717, 1.165) is 0 Å². The molecule has 1 aliphatic heterocycles. The highest BCUT2D eigenvalue weighted by Crippen LogP contribution is 2.34. The summed E-state index contributed by atoms with van der Waals surface area (Å²) in [7, 11) is 0. The fourth-order valence-corrected chi connectivity index (χ4v) is 2.91. The molecule has 3 N–H and O–H groups in total. The van der Waals surface area contributed by atoms with Crippen molar-refractivity contribution in [3.05, 3.63) is 46.1 Å². The Morgan fingerprint density at radius 2 is 2.33 bits per heavy atom. The number of hydrogen-bond donors (Lipinski definition) is 2. The lowest BCUT2D eigenvalue weighted by molar-refractivity contribution is -0.123. The van der Waals surface area contributed by atoms with Crippen molar-refractivity contribution < 1.29 is 18.7 Å². The van der Waals surface area contributed by atoms with Gasteiger partial charge in [0.1, 0.15) is 18.2 Å². The number of nitrogen functional groups attached to an aromatic ring is 1. The summed E-state index contributed by atoms with van der Waals surface area (Å²) in [6.45, 7) is 1.67. The zero-order valence-corrected chi connectivity index (χ0v) is 13.4. The molecule has 3 rings (SSSR count). The minimum atomic E-state index is -0.815. The Balaban J connectivity index is 2.15. The largest absolute Gasteiger partial charge is 0.460 e. The Morgan fingerprint density at radius 1 is 1.58 bits per heavy atom. The van der Waals surface area contributed by atoms with E-state index in [1.165, 1.54) is 22.8 Å². The third-order valence-electron chi connectivity index (χ3n) is 3.64. The van der Waals surface area contributed by atoms with Crippen LogP contribution in [0.3, 0.4) is 0 Å². The summed E-state index contributed by atoms with van der Waals surface area (Å²) < 4.78 is 19.9. The van der Waals surface area contributed by atoms with Gasteiger partial charge >= 0.3 is 5.97 Å². The van der Waals surface area contributed by atoms with Crippen molar-refractivity contribution in [2.45, 2.75) is 19.5 Å². The number of fused-ring (bicyclic) bond motifs is 1. The SMILES string of the molecule is CCOC(=O)c1nc(N)c2n1CC(=O)NC2c1cc(F)ccc1Cl. The van der Waals surface area contributed by atoms with E-state index in [1.807, 2.05) is 0 Å². The van der Waals surface area contributed by atoms with Crippen molar-refractivity contribution in [2.75, 3.05) is 12.3 Å². The van der Waals surface area contributed by atoms with E-state index >= 15 is 0 Å². The number of halogens is 2. The number of imidazole rings is 1. The van der Waals surface area contributed by atoms with E-state index in [2.05, 4.69) is 10.3 Å². The number of nitrogens with zero attached hydrogens (tertiary/aromatic N) is 2. The summed E-state index contributed by atoms with van der Waals surface area (Å²) in [5.74, 6) is -1.60. The van der Waals surface area contributed by atoms with Crippen LogP contribution in [0.25, 0.3) is 0 Å². The Hall–Kier alpha value is -2.61. The molecular formula is C15H14ClFN4O3. The molecule has 126 valence electrons. The fraction of sp³-hybridized carbons (Fsp3) is 0.267. The van der Waals surface area contributed by atoms with Crippen molar-refractivity contribution in [1.82, 2.24) is 14.9 Å². The first kappa shape index (κ1) is 16.3. The maximum absolute atomic E-state index is 13.6. The predicted molar refractivity (Wildman–Crippen MR) is 84.0 cm³/mol. The average molecular weight is 353 g/mol. The van der Waals surface area contributed by atoms with Crippen LogP contribution in [0.15, 0.2) is 18.2 Å². The highest BCUT2D eigenvalue weighted by atomic mass is 35.5. The molecule has 2 aromatic rings. The molecule has 24 heavy (non-hydrogen) atoms. The number of carbonyl (C=O) groups excluding carboxylic acids is 2. The fourth-order valence-electron chi connectivity index (χ4n) is 2.68. The van der Waals surface area contributed by atoms with Crippen molar-refractivity contribution in [3.8, 4) is 0 Å². The van der Waals surface area contributed by atoms with Crippen LogP contribution >= 0.6 is 11.6 Å². The zero-order valence-electron chi connectivity index (χ0n) is 12.7. The van der Waals surface area contributed by atoms with E-state index in [-0.39, 0.29) is 35.7 Å². The normalized spacial score (nSPS) is 16.5. The Kier molecular flexibility index (Phi) is 4.15. The predicted octanol–water partition coefficient (Wildman–Crippen LogP) is 1.65. The number of anilines is 1. The second-order valence-corrected chi connectivity index (χ2v) is 5.59. The number of benzene rings is 1. The van der Waals surface area contributed by atoms with Crippen molar-refractivity contribution in [1.29, 1.82) is 0 Å². The van der Waals surface area contributed by atoms with Gasteiger partial charge in [0.2, 0.25) is 11.7 Å². The molecule has 1 aromatic heterocycles. The third-order valence-corrected chi connectivity index (χ3v) is 3.99. The number of nitrogens with one attached hydrogen (secondary N) is 1. The second kappa shape index (κ2) is 6.12. The van der Waals surface area contributed by atoms with Crippen LogP contribution in [-0.2, 0) is 16.1 Å². The number of hydrogen-bond acceptors (Lipinski definition) is 5. The lowest BCUT2D eigenvalue weighted by atomic mass is 10.0. The van der Waals surface area contributed by atoms with Crippen LogP contribution < -0.4 is 11.1 Å². The molecule has 1 aromatic carbocycles. The molecule has 1 amide bonds. The molecule has 0 saturated carbocycles. The Bertz CT molecular complexity index is 836. The molecule has 0 saturated heterocycles. The first-order chi connectivity index (χ1) is 11.4. The smallest absolute Gasteiger partial charge is 0.374 e. The highest BCUT2D eigenvalue weighted by Gasteiger charge is 2.34. The number of ether oxygens (including phenoxy) is 1. The van der Waals surface area contributed by atoms with Gasteiger partial charge in [-0.25, -0.2) is 14.2 Å². The molecule has 1 atom stereocenters. The van der Waals surface area contributed by atoms with Gasteiger partial charge in [0.05, 0.1) is 18.3 Å². The summed E-state index contributed by atoms with van der Waals surface area (Å²) in [5, 5.41) is 2.96. The third kappa shape index (κ3) is 2.69. The Labute approximate surface area is 141 Å². The van der Waals surface area contributed by atoms with Crippen molar-refractivity contribution in [3.63, 3.8) is 0 Å². The monoisotopic (exact) mass is 352 g/mol. The number of amides is 1. The molecule has 0 aliphatic carbocycles. The van der Waals surface area contributed by atoms with Crippen molar-refractivity contribution in [2.24, 2.45) is 0 Å². The number of carbonyl (C=O) groups is 2. The molecule has 9 heteroatoms. The van der Waals surface area contributed by atoms with Crippen LogP contribution in [0.5, 0.6) is 0 Å². The summed E-state index contributed by atoms with van der Waals surface area (Å²) >= 11 is 6.14. The lowest BCUT2D eigenvalue weighted by Gasteiger charge is -2.27. The minimum Gasteiger partial charge on any atom is -0.460 e. The van der Waals surface area contributed by atoms with Gasteiger partial charge in [0, 0.05) is 10.6 Å². The zero-order chi connectivity index (χ0) is 17.4. The van der Waals surface area contributed by atoms with E-state index in [4.69, 9.17) is 22.1 Å². The summed E-state index contributed by atoms with van der Waals surface area (Å²) in [6, 6.07) is 2.99. The highest BCUT2D eigenvalue weighted by molar-refractivity contribution is 6.31. The van der Waals surface area contributed by atoms with Gasteiger partial charge in [-0.3, -0.25) is 4.79 Å². The number of nitrogens with two attached hydrogens (primary N) is 1. The van der Waals surface area contributed by atoms with Gasteiger partial charge in [0.25, 0.3) is 0 Å². The van der Waals surface area contributed by atoms with Gasteiger partial charge in [-0.05, 0) is 25.1 Å². The summed E-state index contributed by atoms with van der Waals surface area (Å²) in [4.78, 5) is 28.1. The molecule has 2 heterocycles. The van der Waals surface area contributed by atoms with E-state index in [0.29, 0.717) is 11.3 Å². The molecule has 0 spiro atoms. The Morgan fingerprint density at radius 3 is 3.04 bits per heavy atom. The van der Waals surface area contributed by atoms with Gasteiger partial charge in [0.15, 0.2) is 0 Å². The maximum Gasteiger partial charge on any atom is 0.374 e. The van der Waals surface area contributed by atoms with Gasteiger partial charge in [-0.1, -0.05) is 11.6 Å². The van der Waals surface area contributed by atoms with Crippen LogP contribution in [0.2, 0.25) is 5.02 Å². The number of aromatic nitrogens is 2. The minimum absolute atomic E-state index is 0.0448. The lowest BCUT2D eigenvalue weighted by Crippen LogP contribution is -2.40. The molecule has 1 aliphatic rings. The standard InChI is InChI=1S/C15H14ClFN4O3/c1-2-24-15(23)14-20-13(18)12-11(19-10(22)6-21(12)14)8-5-7(17)3-4-9(8)16/h3-5,11H,2,6,18H2,1H3,(H,19,22). The van der Waals surface area contributed by atoms with Crippen LogP contribution in [0.1, 0.15) is 34.8 Å². The molecule has 7 nitrogen and oxygen atoms in total. The molecule has 0 fully saturated rings. The van der Waals surface area contributed by atoms with Crippen LogP contribution in [-0.4, -0.2) is 28.0 Å². The van der Waals surface area contributed by atoms with Crippen LogP contribution in [0.4, 0.5) is 10.2 Å². The number of esters is 1. The van der Waals surface area contributed by atoms with Gasteiger partial charge < -0.3 is 20.4 Å². The number of rotatable bonds is 3. The van der Waals surface area contributed by atoms with Crippen molar-refractivity contribution >= 4 is 29.3 Å². The maximum atomic E-state index is 13.6. The van der Waals surface area contributed by atoms with Gasteiger partial charge in [-0.2, -0.15) is 0 Å². The first-order valence-electron chi connectivity index (χ1n) is 7.19. The topological polar surface area (TPSA) is 99.2 Å². The van der Waals surface area contributed by atoms with E-state index in [9.17, 15) is 14.0 Å². The quantitative estimate of drug-likeness (QED) is 0.818. The molecular weight excluding hydrogens is 339 g/mol.